The second-order valence-corrected chi connectivity index (χ2v) is 8.75. The van der Waals surface area contributed by atoms with Crippen molar-refractivity contribution in [1.82, 2.24) is 9.80 Å². The smallest absolute Gasteiger partial charge is 0.239 e. The Labute approximate surface area is 169 Å². The number of nitrogens with zero attached hydrogens (tertiary/aromatic N) is 2. The first kappa shape index (κ1) is 20.6. The molecule has 0 aromatic heterocycles. The second kappa shape index (κ2) is 8.93. The maximum atomic E-state index is 13.0. The number of piperidine rings is 1. The van der Waals surface area contributed by atoms with Gasteiger partial charge in [-0.05, 0) is 75.4 Å². The van der Waals surface area contributed by atoms with Gasteiger partial charge in [-0.25, -0.2) is 0 Å². The molecule has 2 heterocycles. The van der Waals surface area contributed by atoms with Gasteiger partial charge in [0.2, 0.25) is 5.91 Å². The maximum absolute atomic E-state index is 13.0. The van der Waals surface area contributed by atoms with E-state index < -0.39 is 0 Å². The second-order valence-electron chi connectivity index (χ2n) is 8.75. The van der Waals surface area contributed by atoms with Crippen LogP contribution < -0.4 is 5.73 Å². The molecular formula is C22H34ClN3O. The molecule has 3 aliphatic rings. The Bertz CT molecular complexity index is 617. The third kappa shape index (κ3) is 4.49. The molecule has 0 spiro atoms. The molecule has 4 rings (SSSR count). The predicted octanol–water partition coefficient (Wildman–Crippen LogP) is 2.95. The number of hydrogen-bond donors (Lipinski definition) is 1. The van der Waals surface area contributed by atoms with Crippen molar-refractivity contribution in [3.05, 3.63) is 35.9 Å². The summed E-state index contributed by atoms with van der Waals surface area (Å²) in [6, 6.07) is 11.1. The van der Waals surface area contributed by atoms with Crippen LogP contribution in [0.4, 0.5) is 0 Å². The highest BCUT2D eigenvalue weighted by Crippen LogP contribution is 2.37. The fourth-order valence-corrected chi connectivity index (χ4v) is 5.40. The molecule has 3 fully saturated rings. The zero-order chi connectivity index (χ0) is 18.1. The first-order chi connectivity index (χ1) is 12.6. The molecule has 0 radical (unpaired) electrons. The summed E-state index contributed by atoms with van der Waals surface area (Å²) in [5.74, 6) is 2.27. The molecule has 2 aliphatic heterocycles. The highest BCUT2D eigenvalue weighted by molar-refractivity contribution is 5.85. The van der Waals surface area contributed by atoms with Gasteiger partial charge in [-0.2, -0.15) is 0 Å². The molecule has 0 bridgehead atoms. The van der Waals surface area contributed by atoms with Crippen LogP contribution in [0.15, 0.2) is 30.3 Å². The highest BCUT2D eigenvalue weighted by Gasteiger charge is 2.43. The largest absolute Gasteiger partial charge is 0.341 e. The van der Waals surface area contributed by atoms with Gasteiger partial charge >= 0.3 is 0 Å². The minimum Gasteiger partial charge on any atom is -0.341 e. The Balaban J connectivity index is 0.00000210. The summed E-state index contributed by atoms with van der Waals surface area (Å²) in [4.78, 5) is 17.5. The third-order valence-electron chi connectivity index (χ3n) is 7.15. The van der Waals surface area contributed by atoms with Crippen LogP contribution in [-0.4, -0.2) is 54.0 Å². The Kier molecular flexibility index (Phi) is 6.83. The molecule has 1 aliphatic carbocycles. The van der Waals surface area contributed by atoms with Crippen molar-refractivity contribution in [2.24, 2.45) is 23.5 Å². The van der Waals surface area contributed by atoms with Gasteiger partial charge in [0, 0.05) is 19.1 Å². The van der Waals surface area contributed by atoms with Gasteiger partial charge in [-0.1, -0.05) is 30.3 Å². The summed E-state index contributed by atoms with van der Waals surface area (Å²) in [5, 5.41) is 0. The number of nitrogens with two attached hydrogens (primary N) is 1. The minimum atomic E-state index is 0. The van der Waals surface area contributed by atoms with Crippen molar-refractivity contribution in [2.45, 2.75) is 51.1 Å². The first-order valence-electron chi connectivity index (χ1n) is 10.4. The molecule has 1 amide bonds. The minimum absolute atomic E-state index is 0. The average Bonchev–Trinajstić information content (AvgIpc) is 3.24. The van der Waals surface area contributed by atoms with Crippen LogP contribution in [0.3, 0.4) is 0 Å². The molecule has 5 heteroatoms. The lowest BCUT2D eigenvalue weighted by Gasteiger charge is -2.37. The highest BCUT2D eigenvalue weighted by atomic mass is 35.5. The van der Waals surface area contributed by atoms with Gasteiger partial charge in [0.25, 0.3) is 0 Å². The van der Waals surface area contributed by atoms with E-state index in [-0.39, 0.29) is 18.4 Å². The van der Waals surface area contributed by atoms with Gasteiger partial charge in [0.1, 0.15) is 0 Å². The number of benzene rings is 1. The molecule has 4 atom stereocenters. The van der Waals surface area contributed by atoms with E-state index in [4.69, 9.17) is 5.73 Å². The molecule has 27 heavy (non-hydrogen) atoms. The SMILES string of the molecule is CC(C(=O)N1CC2CCC(N)C2C1)N1CCC(Cc2ccccc2)CC1.Cl. The molecule has 2 N–H and O–H groups in total. The van der Waals surface area contributed by atoms with Gasteiger partial charge in [0.15, 0.2) is 0 Å². The van der Waals surface area contributed by atoms with Crippen LogP contribution in [0.1, 0.15) is 38.2 Å². The molecule has 4 nitrogen and oxygen atoms in total. The molecule has 1 aromatic rings. The van der Waals surface area contributed by atoms with Crippen molar-refractivity contribution in [1.29, 1.82) is 0 Å². The lowest BCUT2D eigenvalue weighted by molar-refractivity contribution is -0.136. The van der Waals surface area contributed by atoms with Crippen LogP contribution >= 0.6 is 12.4 Å². The van der Waals surface area contributed by atoms with E-state index in [2.05, 4.69) is 47.1 Å². The average molecular weight is 392 g/mol. The fourth-order valence-electron chi connectivity index (χ4n) is 5.40. The van der Waals surface area contributed by atoms with Crippen LogP contribution in [0, 0.1) is 17.8 Å². The lowest BCUT2D eigenvalue weighted by atomic mass is 9.89. The Morgan fingerprint density at radius 2 is 1.81 bits per heavy atom. The number of amides is 1. The van der Waals surface area contributed by atoms with Gasteiger partial charge < -0.3 is 10.6 Å². The van der Waals surface area contributed by atoms with E-state index in [1.165, 1.54) is 31.2 Å². The van der Waals surface area contributed by atoms with Crippen molar-refractivity contribution in [3.63, 3.8) is 0 Å². The summed E-state index contributed by atoms with van der Waals surface area (Å²) in [7, 11) is 0. The first-order valence-corrected chi connectivity index (χ1v) is 10.4. The van der Waals surface area contributed by atoms with Crippen LogP contribution in [0.5, 0.6) is 0 Å². The van der Waals surface area contributed by atoms with Gasteiger partial charge in [-0.15, -0.1) is 12.4 Å². The summed E-state index contributed by atoms with van der Waals surface area (Å²) in [6.45, 7) is 6.02. The van der Waals surface area contributed by atoms with Crippen LogP contribution in [0.25, 0.3) is 0 Å². The number of carbonyl (C=O) groups is 1. The lowest BCUT2D eigenvalue weighted by Crippen LogP contribution is -2.49. The quantitative estimate of drug-likeness (QED) is 0.858. The number of fused-ring (bicyclic) bond motifs is 1. The maximum Gasteiger partial charge on any atom is 0.239 e. The number of hydrogen-bond acceptors (Lipinski definition) is 3. The Morgan fingerprint density at radius 1 is 1.11 bits per heavy atom. The standard InChI is InChI=1S/C22H33N3O.ClH/c1-16(22(26)25-14-19-7-8-21(23)20(19)15-25)24-11-9-18(10-12-24)13-17-5-3-2-4-6-17;/h2-6,16,18-21H,7-15,23H2,1H3;1H. The number of carbonyl (C=O) groups excluding carboxylic acids is 1. The molecule has 2 saturated heterocycles. The molecular weight excluding hydrogens is 358 g/mol. The number of rotatable bonds is 4. The van der Waals surface area contributed by atoms with Crippen molar-refractivity contribution in [2.75, 3.05) is 26.2 Å². The Morgan fingerprint density at radius 3 is 2.48 bits per heavy atom. The Hall–Kier alpha value is -1.10. The summed E-state index contributed by atoms with van der Waals surface area (Å²) in [6.07, 6.45) is 5.91. The molecule has 1 saturated carbocycles. The van der Waals surface area contributed by atoms with Gasteiger partial charge in [-0.3, -0.25) is 9.69 Å². The van der Waals surface area contributed by atoms with Crippen LogP contribution in [0.2, 0.25) is 0 Å². The summed E-state index contributed by atoms with van der Waals surface area (Å²) < 4.78 is 0. The summed E-state index contributed by atoms with van der Waals surface area (Å²) in [5.41, 5.74) is 7.67. The van der Waals surface area contributed by atoms with E-state index >= 15 is 0 Å². The van der Waals surface area contributed by atoms with Gasteiger partial charge in [0.05, 0.1) is 6.04 Å². The fraction of sp³-hybridized carbons (Fsp3) is 0.682. The molecule has 1 aromatic carbocycles. The van der Waals surface area contributed by atoms with E-state index in [0.717, 1.165) is 38.5 Å². The number of halogens is 1. The molecule has 4 unspecified atom stereocenters. The monoisotopic (exact) mass is 391 g/mol. The normalized spacial score (nSPS) is 30.0. The molecule has 150 valence electrons. The predicted molar refractivity (Wildman–Crippen MR) is 112 cm³/mol. The zero-order valence-electron chi connectivity index (χ0n) is 16.4. The van der Waals surface area contributed by atoms with Crippen LogP contribution in [-0.2, 0) is 11.2 Å². The van der Waals surface area contributed by atoms with Crippen molar-refractivity contribution in [3.8, 4) is 0 Å². The third-order valence-corrected chi connectivity index (χ3v) is 7.15. The van der Waals surface area contributed by atoms with Crippen molar-refractivity contribution < 1.29 is 4.79 Å². The van der Waals surface area contributed by atoms with E-state index in [1.807, 2.05) is 0 Å². The number of likely N-dealkylation sites (tertiary alicyclic amines) is 2. The van der Waals surface area contributed by atoms with E-state index in [9.17, 15) is 4.79 Å². The zero-order valence-corrected chi connectivity index (χ0v) is 17.2. The van der Waals surface area contributed by atoms with E-state index in [0.29, 0.717) is 23.8 Å². The van der Waals surface area contributed by atoms with E-state index in [1.54, 1.807) is 0 Å². The van der Waals surface area contributed by atoms with Crippen molar-refractivity contribution >= 4 is 18.3 Å². The summed E-state index contributed by atoms with van der Waals surface area (Å²) >= 11 is 0. The topological polar surface area (TPSA) is 49.6 Å².